The summed E-state index contributed by atoms with van der Waals surface area (Å²) in [6.07, 6.45) is 1.85. The lowest BCUT2D eigenvalue weighted by atomic mass is 10.2. The number of aryl methyl sites for hydroxylation is 1. The Morgan fingerprint density at radius 2 is 2.00 bits per heavy atom. The van der Waals surface area contributed by atoms with Crippen LogP contribution in [0, 0.1) is 6.92 Å². The smallest absolute Gasteiger partial charge is 0.280 e. The van der Waals surface area contributed by atoms with Crippen LogP contribution in [0.2, 0.25) is 5.02 Å². The summed E-state index contributed by atoms with van der Waals surface area (Å²) in [6.45, 7) is 6.29. The fraction of sp³-hybridized carbons (Fsp3) is 0.300. The van der Waals surface area contributed by atoms with E-state index in [-0.39, 0.29) is 5.91 Å². The van der Waals surface area contributed by atoms with Gasteiger partial charge >= 0.3 is 0 Å². The summed E-state index contributed by atoms with van der Waals surface area (Å²) in [6, 6.07) is 12.7. The molecule has 2 rings (SSSR count). The zero-order valence-corrected chi connectivity index (χ0v) is 15.9. The molecule has 0 heterocycles. The molecule has 0 aliphatic carbocycles. The molecule has 0 aromatic heterocycles. The molecule has 1 amide bonds. The topological polar surface area (TPSA) is 59.9 Å². The number of hydrogen-bond donors (Lipinski definition) is 1. The van der Waals surface area contributed by atoms with Crippen molar-refractivity contribution in [1.29, 1.82) is 0 Å². The van der Waals surface area contributed by atoms with Crippen molar-refractivity contribution in [2.75, 3.05) is 6.61 Å². The van der Waals surface area contributed by atoms with Crippen molar-refractivity contribution in [2.45, 2.75) is 33.3 Å². The van der Waals surface area contributed by atoms with Gasteiger partial charge in [-0.2, -0.15) is 5.10 Å². The first kappa shape index (κ1) is 19.8. The van der Waals surface area contributed by atoms with Crippen LogP contribution >= 0.6 is 11.6 Å². The Morgan fingerprint density at radius 3 is 2.65 bits per heavy atom. The van der Waals surface area contributed by atoms with Crippen LogP contribution in [0.5, 0.6) is 11.5 Å². The average molecular weight is 375 g/mol. The predicted molar refractivity (Wildman–Crippen MR) is 104 cm³/mol. The fourth-order valence-electron chi connectivity index (χ4n) is 2.12. The molecule has 0 saturated carbocycles. The molecule has 1 N–H and O–H groups in total. The van der Waals surface area contributed by atoms with Crippen molar-refractivity contribution in [2.24, 2.45) is 5.10 Å². The SMILES string of the molecule is CCCOc1ccc(/C=N\NC(=O)[C@@H](C)Oc2ccc(Cl)cc2C)cc1. The number of rotatable bonds is 8. The summed E-state index contributed by atoms with van der Waals surface area (Å²) in [5, 5.41) is 4.59. The van der Waals surface area contributed by atoms with Crippen LogP contribution in [0.3, 0.4) is 0 Å². The first-order valence-electron chi connectivity index (χ1n) is 8.48. The second kappa shape index (κ2) is 9.82. The summed E-state index contributed by atoms with van der Waals surface area (Å²) in [5.74, 6) is 1.09. The number of amides is 1. The number of ether oxygens (including phenoxy) is 2. The number of nitrogens with zero attached hydrogens (tertiary/aromatic N) is 1. The van der Waals surface area contributed by atoms with Crippen LogP contribution in [0.1, 0.15) is 31.4 Å². The highest BCUT2D eigenvalue weighted by Crippen LogP contribution is 2.22. The molecule has 0 spiro atoms. The van der Waals surface area contributed by atoms with Gasteiger partial charge in [-0.3, -0.25) is 4.79 Å². The molecule has 0 aliphatic heterocycles. The van der Waals surface area contributed by atoms with E-state index < -0.39 is 6.10 Å². The van der Waals surface area contributed by atoms with E-state index in [9.17, 15) is 4.79 Å². The third-order valence-electron chi connectivity index (χ3n) is 3.55. The molecule has 0 unspecified atom stereocenters. The molecule has 2 aromatic rings. The third kappa shape index (κ3) is 6.08. The summed E-state index contributed by atoms with van der Waals surface area (Å²) >= 11 is 5.92. The second-order valence-corrected chi connectivity index (χ2v) is 6.26. The summed E-state index contributed by atoms with van der Waals surface area (Å²) in [5.41, 5.74) is 4.20. The van der Waals surface area contributed by atoms with Crippen molar-refractivity contribution in [1.82, 2.24) is 5.43 Å². The van der Waals surface area contributed by atoms with E-state index in [1.165, 1.54) is 0 Å². The van der Waals surface area contributed by atoms with Gasteiger partial charge in [0.15, 0.2) is 6.10 Å². The van der Waals surface area contributed by atoms with E-state index in [0.29, 0.717) is 17.4 Å². The minimum absolute atomic E-state index is 0.335. The van der Waals surface area contributed by atoms with Gasteiger partial charge in [0.05, 0.1) is 12.8 Å². The minimum Gasteiger partial charge on any atom is -0.494 e. The number of hydrazone groups is 1. The fourth-order valence-corrected chi connectivity index (χ4v) is 2.35. The van der Waals surface area contributed by atoms with Crippen molar-refractivity contribution < 1.29 is 14.3 Å². The standard InChI is InChI=1S/C20H23ClN2O3/c1-4-11-25-18-8-5-16(6-9-18)13-22-23-20(24)15(3)26-19-10-7-17(21)12-14(19)2/h5-10,12-13,15H,4,11H2,1-3H3,(H,23,24)/b22-13-/t15-/m1/s1. The van der Waals surface area contributed by atoms with Crippen LogP contribution < -0.4 is 14.9 Å². The highest BCUT2D eigenvalue weighted by atomic mass is 35.5. The molecule has 5 nitrogen and oxygen atoms in total. The maximum absolute atomic E-state index is 12.1. The lowest BCUT2D eigenvalue weighted by Crippen LogP contribution is -2.33. The minimum atomic E-state index is -0.683. The van der Waals surface area contributed by atoms with Crippen LogP contribution in [0.4, 0.5) is 0 Å². The molecule has 0 radical (unpaired) electrons. The summed E-state index contributed by atoms with van der Waals surface area (Å²) in [4.78, 5) is 12.1. The Bertz CT molecular complexity index is 760. The van der Waals surface area contributed by atoms with Crippen LogP contribution in [0.15, 0.2) is 47.6 Å². The maximum atomic E-state index is 12.1. The van der Waals surface area contributed by atoms with E-state index in [2.05, 4.69) is 17.5 Å². The number of carbonyl (C=O) groups excluding carboxylic acids is 1. The van der Waals surface area contributed by atoms with Crippen molar-refractivity contribution >= 4 is 23.7 Å². The molecule has 26 heavy (non-hydrogen) atoms. The maximum Gasteiger partial charge on any atom is 0.280 e. The first-order chi connectivity index (χ1) is 12.5. The average Bonchev–Trinajstić information content (AvgIpc) is 2.63. The van der Waals surface area contributed by atoms with Gasteiger partial charge in [0.1, 0.15) is 11.5 Å². The lowest BCUT2D eigenvalue weighted by molar-refractivity contribution is -0.127. The zero-order chi connectivity index (χ0) is 18.9. The molecular formula is C20H23ClN2O3. The highest BCUT2D eigenvalue weighted by Gasteiger charge is 2.15. The zero-order valence-electron chi connectivity index (χ0n) is 15.2. The largest absolute Gasteiger partial charge is 0.494 e. The van der Waals surface area contributed by atoms with E-state index in [4.69, 9.17) is 21.1 Å². The van der Waals surface area contributed by atoms with E-state index in [1.807, 2.05) is 31.2 Å². The number of hydrogen-bond acceptors (Lipinski definition) is 4. The second-order valence-electron chi connectivity index (χ2n) is 5.82. The number of benzene rings is 2. The molecule has 0 aliphatic rings. The van der Waals surface area contributed by atoms with Crippen LogP contribution in [-0.2, 0) is 4.79 Å². The van der Waals surface area contributed by atoms with Gasteiger partial charge in [0.2, 0.25) is 0 Å². The van der Waals surface area contributed by atoms with Gasteiger partial charge in [0, 0.05) is 5.02 Å². The normalized spacial score (nSPS) is 12.0. The molecule has 2 aromatic carbocycles. The quantitative estimate of drug-likeness (QED) is 0.551. The van der Waals surface area contributed by atoms with Crippen molar-refractivity contribution in [3.05, 3.63) is 58.6 Å². The Labute approximate surface area is 159 Å². The molecule has 138 valence electrons. The molecule has 0 saturated heterocycles. The van der Waals surface area contributed by atoms with E-state index >= 15 is 0 Å². The Morgan fingerprint density at radius 1 is 1.27 bits per heavy atom. The van der Waals surface area contributed by atoms with E-state index in [1.54, 1.807) is 31.3 Å². The number of nitrogens with one attached hydrogen (secondary N) is 1. The van der Waals surface area contributed by atoms with Crippen molar-refractivity contribution in [3.63, 3.8) is 0 Å². The van der Waals surface area contributed by atoms with Crippen molar-refractivity contribution in [3.8, 4) is 11.5 Å². The Hall–Kier alpha value is -2.53. The molecule has 1 atom stereocenters. The molecule has 6 heteroatoms. The number of carbonyl (C=O) groups is 1. The van der Waals surface area contributed by atoms with E-state index in [0.717, 1.165) is 23.3 Å². The molecular weight excluding hydrogens is 352 g/mol. The highest BCUT2D eigenvalue weighted by molar-refractivity contribution is 6.30. The molecule has 0 bridgehead atoms. The van der Waals surface area contributed by atoms with Gasteiger partial charge in [-0.05, 0) is 73.9 Å². The first-order valence-corrected chi connectivity index (χ1v) is 8.86. The van der Waals surface area contributed by atoms with Gasteiger partial charge in [-0.25, -0.2) is 5.43 Å². The Balaban J connectivity index is 1.85. The lowest BCUT2D eigenvalue weighted by Gasteiger charge is -2.14. The van der Waals surface area contributed by atoms with Gasteiger partial charge < -0.3 is 9.47 Å². The van der Waals surface area contributed by atoms with Gasteiger partial charge in [-0.15, -0.1) is 0 Å². The van der Waals surface area contributed by atoms with Crippen LogP contribution in [-0.4, -0.2) is 24.8 Å². The third-order valence-corrected chi connectivity index (χ3v) is 3.79. The summed E-state index contributed by atoms with van der Waals surface area (Å²) < 4.78 is 11.2. The van der Waals surface area contributed by atoms with Gasteiger partial charge in [0.25, 0.3) is 5.91 Å². The summed E-state index contributed by atoms with van der Waals surface area (Å²) in [7, 11) is 0. The Kier molecular flexibility index (Phi) is 7.48. The van der Waals surface area contributed by atoms with Gasteiger partial charge in [-0.1, -0.05) is 18.5 Å². The molecule has 0 fully saturated rings. The monoisotopic (exact) mass is 374 g/mol. The predicted octanol–water partition coefficient (Wildman–Crippen LogP) is 4.35. The number of halogens is 1. The van der Waals surface area contributed by atoms with Crippen LogP contribution in [0.25, 0.3) is 0 Å².